The average Bonchev–Trinajstić information content (AvgIpc) is 3.29. The number of hydrogen-bond donors (Lipinski definition) is 3. The standard InChI is InChI=1S/C21H25F3N4O3S.H2/c1-20(2,19-14-25-27-26-19)28(12-13-31-3)32(29,30)18-10-6-16(7-11-18)15-4-8-17(9-5-15)21(22,23)24;/h4-11,14,25-27H,12-13H2,1-3H3;1H. The van der Waals surface area contributed by atoms with Gasteiger partial charge in [0, 0.05) is 21.3 Å². The Hall–Kier alpha value is -2.60. The lowest BCUT2D eigenvalue weighted by atomic mass is 10.0. The first-order valence-corrected chi connectivity index (χ1v) is 11.2. The molecular formula is C21H27F3N4O3S. The van der Waals surface area contributed by atoms with E-state index in [2.05, 4.69) is 16.4 Å². The predicted octanol–water partition coefficient (Wildman–Crippen LogP) is 3.49. The normalized spacial score (nSPS) is 14.8. The summed E-state index contributed by atoms with van der Waals surface area (Å²) < 4.78 is 71.8. The van der Waals surface area contributed by atoms with Gasteiger partial charge in [0.1, 0.15) is 0 Å². The zero-order valence-electron chi connectivity index (χ0n) is 17.8. The second-order valence-corrected chi connectivity index (χ2v) is 9.54. The summed E-state index contributed by atoms with van der Waals surface area (Å²) >= 11 is 0. The van der Waals surface area contributed by atoms with E-state index in [0.29, 0.717) is 16.8 Å². The summed E-state index contributed by atoms with van der Waals surface area (Å²) in [7, 11) is -2.43. The maximum Gasteiger partial charge on any atom is 0.416 e. The van der Waals surface area contributed by atoms with Gasteiger partial charge in [-0.25, -0.2) is 8.42 Å². The van der Waals surface area contributed by atoms with Crippen molar-refractivity contribution in [2.24, 2.45) is 0 Å². The molecule has 32 heavy (non-hydrogen) atoms. The first kappa shape index (κ1) is 24.1. The molecule has 0 aliphatic carbocycles. The van der Waals surface area contributed by atoms with E-state index in [9.17, 15) is 21.6 Å². The molecule has 11 heteroatoms. The molecule has 3 N–H and O–H groups in total. The van der Waals surface area contributed by atoms with Crippen LogP contribution in [0.4, 0.5) is 13.2 Å². The Labute approximate surface area is 186 Å². The molecule has 2 aromatic carbocycles. The number of hydrogen-bond acceptors (Lipinski definition) is 6. The fourth-order valence-electron chi connectivity index (χ4n) is 3.38. The molecule has 0 saturated carbocycles. The van der Waals surface area contributed by atoms with Gasteiger partial charge in [0.2, 0.25) is 10.0 Å². The summed E-state index contributed by atoms with van der Waals surface area (Å²) in [5.41, 5.74) is 8.48. The Morgan fingerprint density at radius 2 is 1.56 bits per heavy atom. The van der Waals surface area contributed by atoms with Gasteiger partial charge in [-0.3, -0.25) is 0 Å². The van der Waals surface area contributed by atoms with E-state index in [4.69, 9.17) is 4.74 Å². The average molecular weight is 473 g/mol. The van der Waals surface area contributed by atoms with E-state index in [1.165, 1.54) is 35.7 Å². The van der Waals surface area contributed by atoms with Gasteiger partial charge < -0.3 is 15.6 Å². The third-order valence-electron chi connectivity index (χ3n) is 5.25. The van der Waals surface area contributed by atoms with Crippen LogP contribution in [0.15, 0.2) is 65.3 Å². The van der Waals surface area contributed by atoms with Crippen LogP contribution in [0, 0.1) is 0 Å². The number of alkyl halides is 3. The molecule has 0 atom stereocenters. The van der Waals surface area contributed by atoms with Crippen molar-refractivity contribution in [3.63, 3.8) is 0 Å². The molecule has 7 nitrogen and oxygen atoms in total. The maximum atomic E-state index is 13.5. The van der Waals surface area contributed by atoms with Crippen molar-refractivity contribution in [1.82, 2.24) is 20.7 Å². The highest BCUT2D eigenvalue weighted by molar-refractivity contribution is 7.89. The molecule has 3 rings (SSSR count). The minimum Gasteiger partial charge on any atom is -0.383 e. The monoisotopic (exact) mass is 472 g/mol. The van der Waals surface area contributed by atoms with Crippen LogP contribution in [0.3, 0.4) is 0 Å². The van der Waals surface area contributed by atoms with Gasteiger partial charge in [-0.05, 0) is 49.2 Å². The highest BCUT2D eigenvalue weighted by atomic mass is 32.2. The molecule has 0 unspecified atom stereocenters. The van der Waals surface area contributed by atoms with Crippen molar-refractivity contribution in [2.45, 2.75) is 30.5 Å². The third-order valence-corrected chi connectivity index (χ3v) is 7.34. The Bertz CT molecular complexity index is 1070. The van der Waals surface area contributed by atoms with Crippen molar-refractivity contribution in [2.75, 3.05) is 20.3 Å². The van der Waals surface area contributed by atoms with Crippen molar-refractivity contribution in [1.29, 1.82) is 0 Å². The third kappa shape index (κ3) is 4.90. The highest BCUT2D eigenvalue weighted by Gasteiger charge is 2.40. The smallest absolute Gasteiger partial charge is 0.383 e. The summed E-state index contributed by atoms with van der Waals surface area (Å²) in [5, 5.41) is 0. The van der Waals surface area contributed by atoms with Gasteiger partial charge >= 0.3 is 6.18 Å². The molecule has 0 amide bonds. The topological polar surface area (TPSA) is 82.7 Å². The van der Waals surface area contributed by atoms with Gasteiger partial charge in [-0.1, -0.05) is 24.3 Å². The molecule has 0 aromatic heterocycles. The second-order valence-electron chi connectivity index (χ2n) is 7.68. The van der Waals surface area contributed by atoms with E-state index in [1.807, 2.05) is 0 Å². The van der Waals surface area contributed by atoms with Crippen LogP contribution in [0.5, 0.6) is 0 Å². The summed E-state index contributed by atoms with van der Waals surface area (Å²) in [6.07, 6.45) is -2.77. The van der Waals surface area contributed by atoms with E-state index in [0.717, 1.165) is 12.1 Å². The largest absolute Gasteiger partial charge is 0.416 e. The van der Waals surface area contributed by atoms with Crippen LogP contribution in [0.2, 0.25) is 0 Å². The molecule has 176 valence electrons. The van der Waals surface area contributed by atoms with Gasteiger partial charge in [0.25, 0.3) is 0 Å². The summed E-state index contributed by atoms with van der Waals surface area (Å²) in [6, 6.07) is 10.8. The molecule has 1 aliphatic rings. The zero-order chi connectivity index (χ0) is 23.6. The molecule has 0 spiro atoms. The van der Waals surface area contributed by atoms with Crippen LogP contribution in [0.1, 0.15) is 20.8 Å². The predicted molar refractivity (Wildman–Crippen MR) is 116 cm³/mol. The van der Waals surface area contributed by atoms with Crippen molar-refractivity contribution >= 4 is 10.0 Å². The van der Waals surface area contributed by atoms with E-state index < -0.39 is 27.3 Å². The van der Waals surface area contributed by atoms with Gasteiger partial charge in [0.05, 0.1) is 28.3 Å². The SMILES string of the molecule is COCCN(C(C)(C)C1=CNNN1)S(=O)(=O)c1ccc(-c2ccc(C(F)(F)F)cc2)cc1.[HH]. The van der Waals surface area contributed by atoms with Crippen molar-refractivity contribution in [3.05, 3.63) is 66.0 Å². The number of rotatable bonds is 8. The minimum absolute atomic E-state index is 0. The lowest BCUT2D eigenvalue weighted by Gasteiger charge is -2.37. The van der Waals surface area contributed by atoms with Gasteiger partial charge in [-0.2, -0.15) is 23.0 Å². The number of nitrogens with zero attached hydrogens (tertiary/aromatic N) is 1. The van der Waals surface area contributed by atoms with Crippen LogP contribution in [0.25, 0.3) is 11.1 Å². The fourth-order valence-corrected chi connectivity index (χ4v) is 5.13. The fraction of sp³-hybridized carbons (Fsp3) is 0.333. The maximum absolute atomic E-state index is 13.5. The molecule has 1 heterocycles. The zero-order valence-corrected chi connectivity index (χ0v) is 18.6. The number of benzene rings is 2. The van der Waals surface area contributed by atoms with Crippen LogP contribution in [-0.2, 0) is 20.9 Å². The lowest BCUT2D eigenvalue weighted by Crippen LogP contribution is -2.53. The molecule has 1 aliphatic heterocycles. The Morgan fingerprint density at radius 1 is 1.00 bits per heavy atom. The summed E-state index contributed by atoms with van der Waals surface area (Å²) in [5.74, 6) is 0. The molecule has 0 saturated heterocycles. The molecule has 0 fully saturated rings. The number of hydrazine groups is 2. The van der Waals surface area contributed by atoms with Crippen LogP contribution < -0.4 is 16.4 Å². The van der Waals surface area contributed by atoms with Crippen LogP contribution in [-0.4, -0.2) is 38.5 Å². The highest BCUT2D eigenvalue weighted by Crippen LogP contribution is 2.33. The first-order chi connectivity index (χ1) is 15.0. The summed E-state index contributed by atoms with van der Waals surface area (Å²) in [4.78, 5) is 0.0665. The van der Waals surface area contributed by atoms with E-state index in [-0.39, 0.29) is 19.5 Å². The Kier molecular flexibility index (Phi) is 6.84. The van der Waals surface area contributed by atoms with Crippen LogP contribution >= 0.6 is 0 Å². The molecule has 2 aromatic rings. The Morgan fingerprint density at radius 3 is 2.03 bits per heavy atom. The first-order valence-electron chi connectivity index (χ1n) is 9.74. The number of methoxy groups -OCH3 is 1. The van der Waals surface area contributed by atoms with Crippen molar-refractivity contribution < 1.29 is 27.8 Å². The van der Waals surface area contributed by atoms with E-state index >= 15 is 0 Å². The Balaban J connectivity index is 0.00000385. The number of sulfonamides is 1. The van der Waals surface area contributed by atoms with E-state index in [1.54, 1.807) is 32.2 Å². The number of nitrogens with one attached hydrogen (secondary N) is 3. The van der Waals surface area contributed by atoms with Gasteiger partial charge in [0.15, 0.2) is 0 Å². The quantitative estimate of drug-likeness (QED) is 0.546. The van der Waals surface area contributed by atoms with Gasteiger partial charge in [-0.15, -0.1) is 0 Å². The molecular weight excluding hydrogens is 445 g/mol. The lowest BCUT2D eigenvalue weighted by molar-refractivity contribution is -0.137. The summed E-state index contributed by atoms with van der Waals surface area (Å²) in [6.45, 7) is 3.85. The number of halogens is 3. The second kappa shape index (κ2) is 9.10. The molecule has 0 bridgehead atoms. The van der Waals surface area contributed by atoms with Crippen molar-refractivity contribution in [3.8, 4) is 11.1 Å². The number of ether oxygens (including phenoxy) is 1. The molecule has 0 radical (unpaired) electrons. The minimum atomic E-state index is -4.41.